The van der Waals surface area contributed by atoms with Crippen molar-refractivity contribution in [3.63, 3.8) is 0 Å². The molecule has 2 heterocycles. The van der Waals surface area contributed by atoms with E-state index in [9.17, 15) is 4.79 Å². The van der Waals surface area contributed by atoms with E-state index in [2.05, 4.69) is 27.6 Å². The van der Waals surface area contributed by atoms with Crippen LogP contribution in [0.5, 0.6) is 5.75 Å². The van der Waals surface area contributed by atoms with Crippen LogP contribution in [-0.2, 0) is 0 Å². The van der Waals surface area contributed by atoms with Crippen LogP contribution in [0.1, 0.15) is 17.9 Å². The van der Waals surface area contributed by atoms with Gasteiger partial charge in [0.25, 0.3) is 0 Å². The van der Waals surface area contributed by atoms with E-state index in [4.69, 9.17) is 4.74 Å². The van der Waals surface area contributed by atoms with E-state index >= 15 is 0 Å². The van der Waals surface area contributed by atoms with Crippen molar-refractivity contribution >= 4 is 11.7 Å². The summed E-state index contributed by atoms with van der Waals surface area (Å²) >= 11 is 0. The highest BCUT2D eigenvalue weighted by Gasteiger charge is 2.27. The number of aromatic nitrogens is 2. The van der Waals surface area contributed by atoms with Crippen molar-refractivity contribution in [1.29, 1.82) is 0 Å². The largest absolute Gasteiger partial charge is 0.497 e. The van der Waals surface area contributed by atoms with Gasteiger partial charge in [-0.3, -0.25) is 5.10 Å². The Bertz CT molecular complexity index is 595. The highest BCUT2D eigenvalue weighted by molar-refractivity contribution is 5.89. The van der Waals surface area contributed by atoms with Crippen LogP contribution in [-0.4, -0.2) is 41.3 Å². The van der Waals surface area contributed by atoms with Gasteiger partial charge in [-0.15, -0.1) is 0 Å². The number of amides is 2. The fraction of sp³-hybridized carbons (Fsp3) is 0.333. The number of aromatic amines is 1. The molecule has 0 unspecified atom stereocenters. The third kappa shape index (κ3) is 2.99. The zero-order chi connectivity index (χ0) is 14.7. The fourth-order valence-electron chi connectivity index (χ4n) is 2.61. The van der Waals surface area contributed by atoms with Gasteiger partial charge < -0.3 is 15.0 Å². The van der Waals surface area contributed by atoms with Crippen molar-refractivity contribution < 1.29 is 9.53 Å². The van der Waals surface area contributed by atoms with Crippen LogP contribution < -0.4 is 10.1 Å². The van der Waals surface area contributed by atoms with Crippen molar-refractivity contribution in [3.05, 3.63) is 42.2 Å². The third-order valence-electron chi connectivity index (χ3n) is 3.81. The monoisotopic (exact) mass is 286 g/mol. The van der Waals surface area contributed by atoms with Crippen molar-refractivity contribution in [2.24, 2.45) is 0 Å². The summed E-state index contributed by atoms with van der Waals surface area (Å²) < 4.78 is 5.17. The second-order valence-electron chi connectivity index (χ2n) is 5.12. The molecule has 1 aromatic carbocycles. The molecule has 2 amide bonds. The van der Waals surface area contributed by atoms with E-state index < -0.39 is 0 Å². The number of urea groups is 1. The summed E-state index contributed by atoms with van der Waals surface area (Å²) in [5.41, 5.74) is 1.93. The van der Waals surface area contributed by atoms with Crippen LogP contribution in [0, 0.1) is 0 Å². The molecule has 1 aliphatic heterocycles. The SMILES string of the molecule is COc1ccc([C@H]2CCN(C(=O)Nc3cn[nH]c3)C2)cc1. The normalized spacial score (nSPS) is 17.8. The van der Waals surface area contributed by atoms with E-state index in [1.54, 1.807) is 19.5 Å². The smallest absolute Gasteiger partial charge is 0.321 e. The van der Waals surface area contributed by atoms with Crippen LogP contribution in [0.3, 0.4) is 0 Å². The lowest BCUT2D eigenvalue weighted by molar-refractivity contribution is 0.222. The van der Waals surface area contributed by atoms with Gasteiger partial charge in [0.05, 0.1) is 19.0 Å². The Morgan fingerprint density at radius 1 is 1.43 bits per heavy atom. The molecule has 1 aliphatic rings. The summed E-state index contributed by atoms with van der Waals surface area (Å²) in [6.07, 6.45) is 4.23. The van der Waals surface area contributed by atoms with Gasteiger partial charge in [-0.2, -0.15) is 5.10 Å². The maximum absolute atomic E-state index is 12.1. The van der Waals surface area contributed by atoms with Gasteiger partial charge in [-0.1, -0.05) is 12.1 Å². The Morgan fingerprint density at radius 3 is 2.90 bits per heavy atom. The minimum Gasteiger partial charge on any atom is -0.497 e. The first-order valence-electron chi connectivity index (χ1n) is 6.95. The molecule has 6 nitrogen and oxygen atoms in total. The van der Waals surface area contributed by atoms with Gasteiger partial charge in [0.15, 0.2) is 0 Å². The van der Waals surface area contributed by atoms with Crippen molar-refractivity contribution in [2.75, 3.05) is 25.5 Å². The summed E-state index contributed by atoms with van der Waals surface area (Å²) in [5.74, 6) is 1.23. The number of carbonyl (C=O) groups is 1. The quantitative estimate of drug-likeness (QED) is 0.910. The topological polar surface area (TPSA) is 70.2 Å². The van der Waals surface area contributed by atoms with E-state index in [-0.39, 0.29) is 6.03 Å². The second kappa shape index (κ2) is 5.87. The summed E-state index contributed by atoms with van der Waals surface area (Å²) in [5, 5.41) is 9.31. The Hall–Kier alpha value is -2.50. The first-order valence-corrected chi connectivity index (χ1v) is 6.95. The Kier molecular flexibility index (Phi) is 3.77. The summed E-state index contributed by atoms with van der Waals surface area (Å²) in [4.78, 5) is 14.0. The predicted molar refractivity (Wildman–Crippen MR) is 79.5 cm³/mol. The molecule has 21 heavy (non-hydrogen) atoms. The van der Waals surface area contributed by atoms with Crippen molar-refractivity contribution in [3.8, 4) is 5.75 Å². The Morgan fingerprint density at radius 2 is 2.24 bits per heavy atom. The van der Waals surface area contributed by atoms with Crippen molar-refractivity contribution in [2.45, 2.75) is 12.3 Å². The molecule has 1 atom stereocenters. The van der Waals surface area contributed by atoms with E-state index in [0.717, 1.165) is 25.3 Å². The molecule has 0 saturated carbocycles. The number of anilines is 1. The van der Waals surface area contributed by atoms with Crippen molar-refractivity contribution in [1.82, 2.24) is 15.1 Å². The number of nitrogens with one attached hydrogen (secondary N) is 2. The number of hydrogen-bond acceptors (Lipinski definition) is 3. The molecule has 1 aromatic heterocycles. The lowest BCUT2D eigenvalue weighted by Crippen LogP contribution is -2.32. The van der Waals surface area contributed by atoms with Gasteiger partial charge in [0, 0.05) is 25.2 Å². The number of carbonyl (C=O) groups excluding carboxylic acids is 1. The van der Waals surface area contributed by atoms with Gasteiger partial charge in [-0.25, -0.2) is 4.79 Å². The zero-order valence-corrected chi connectivity index (χ0v) is 11.9. The minimum absolute atomic E-state index is 0.0765. The number of likely N-dealkylation sites (tertiary alicyclic amines) is 1. The average molecular weight is 286 g/mol. The highest BCUT2D eigenvalue weighted by Crippen LogP contribution is 2.28. The highest BCUT2D eigenvalue weighted by atomic mass is 16.5. The first-order chi connectivity index (χ1) is 10.3. The van der Waals surface area contributed by atoms with Crippen LogP contribution >= 0.6 is 0 Å². The van der Waals surface area contributed by atoms with E-state index in [1.807, 2.05) is 17.0 Å². The summed E-state index contributed by atoms with van der Waals surface area (Å²) in [7, 11) is 1.66. The molecular weight excluding hydrogens is 268 g/mol. The molecule has 0 radical (unpaired) electrons. The van der Waals surface area contributed by atoms with Crippen LogP contribution in [0.4, 0.5) is 10.5 Å². The molecule has 0 aliphatic carbocycles. The number of methoxy groups -OCH3 is 1. The van der Waals surface area contributed by atoms with Gasteiger partial charge in [-0.05, 0) is 24.1 Å². The maximum atomic E-state index is 12.1. The lowest BCUT2D eigenvalue weighted by Gasteiger charge is -2.17. The maximum Gasteiger partial charge on any atom is 0.321 e. The second-order valence-corrected chi connectivity index (χ2v) is 5.12. The number of H-pyrrole nitrogens is 1. The van der Waals surface area contributed by atoms with Gasteiger partial charge in [0.1, 0.15) is 5.75 Å². The molecule has 3 rings (SSSR count). The van der Waals surface area contributed by atoms with Gasteiger partial charge in [0.2, 0.25) is 0 Å². The molecule has 1 saturated heterocycles. The van der Waals surface area contributed by atoms with Crippen LogP contribution in [0.15, 0.2) is 36.7 Å². The molecule has 110 valence electrons. The van der Waals surface area contributed by atoms with E-state index in [1.165, 1.54) is 5.56 Å². The molecule has 2 N–H and O–H groups in total. The Labute approximate surface area is 123 Å². The predicted octanol–water partition coefficient (Wildman–Crippen LogP) is 2.44. The number of rotatable bonds is 3. The van der Waals surface area contributed by atoms with Crippen LogP contribution in [0.25, 0.3) is 0 Å². The molecular formula is C15H18N4O2. The minimum atomic E-state index is -0.0765. The van der Waals surface area contributed by atoms with Gasteiger partial charge >= 0.3 is 6.03 Å². The molecule has 0 spiro atoms. The zero-order valence-electron chi connectivity index (χ0n) is 11.9. The number of benzene rings is 1. The standard InChI is InChI=1S/C15H18N4O2/c1-21-14-4-2-11(3-5-14)12-6-7-19(10-12)15(20)18-13-8-16-17-9-13/h2-5,8-9,12H,6-7,10H2,1H3,(H,16,17)(H,18,20)/t12-/m0/s1. The fourth-order valence-corrected chi connectivity index (χ4v) is 2.61. The Balaban J connectivity index is 1.60. The summed E-state index contributed by atoms with van der Waals surface area (Å²) in [6, 6.07) is 7.99. The average Bonchev–Trinajstić information content (AvgIpc) is 3.18. The summed E-state index contributed by atoms with van der Waals surface area (Å²) in [6.45, 7) is 1.50. The first kappa shape index (κ1) is 13.5. The molecule has 2 aromatic rings. The number of nitrogens with zero attached hydrogens (tertiary/aromatic N) is 2. The number of hydrogen-bond donors (Lipinski definition) is 2. The van der Waals surface area contributed by atoms with Crippen LogP contribution in [0.2, 0.25) is 0 Å². The van der Waals surface area contributed by atoms with E-state index in [0.29, 0.717) is 11.6 Å². The molecule has 6 heteroatoms. The molecule has 1 fully saturated rings. The lowest BCUT2D eigenvalue weighted by atomic mass is 9.98. The molecule has 0 bridgehead atoms. The third-order valence-corrected chi connectivity index (χ3v) is 3.81. The number of ether oxygens (including phenoxy) is 1.